The number of hydrogen-bond donors (Lipinski definition) is 2. The summed E-state index contributed by atoms with van der Waals surface area (Å²) in [6.07, 6.45) is -1.52. The topological polar surface area (TPSA) is 82.8 Å². The van der Waals surface area contributed by atoms with Crippen LogP contribution in [-0.4, -0.2) is 27.6 Å². The molecule has 3 aromatic carbocycles. The van der Waals surface area contributed by atoms with Crippen LogP contribution in [0.1, 0.15) is 17.6 Å². The molecule has 1 heterocycles. The van der Waals surface area contributed by atoms with Crippen molar-refractivity contribution in [3.8, 4) is 11.1 Å². The molecular formula is C24H24N2O4S. The van der Waals surface area contributed by atoms with E-state index < -0.39 is 16.3 Å². The van der Waals surface area contributed by atoms with Gasteiger partial charge >= 0.3 is 0 Å². The van der Waals surface area contributed by atoms with Crippen molar-refractivity contribution >= 4 is 26.7 Å². The predicted molar refractivity (Wildman–Crippen MR) is 122 cm³/mol. The fourth-order valence-corrected chi connectivity index (χ4v) is 4.80. The standard InChI is InChI=1S/C24H24N2O4S/c1-16-13-18(26(2)3)14-21-20(16)15-22(30-21)24(27)25-31(28,29)23-12-8-7-11-19(23)17-9-5-4-6-10-17/h4-15,24-25,27H,1-3H3. The third-order valence-electron chi connectivity index (χ3n) is 5.16. The Morgan fingerprint density at radius 3 is 2.35 bits per heavy atom. The summed E-state index contributed by atoms with van der Waals surface area (Å²) in [5.74, 6) is 0.134. The van der Waals surface area contributed by atoms with Crippen LogP contribution in [0.5, 0.6) is 0 Å². The largest absolute Gasteiger partial charge is 0.457 e. The Balaban J connectivity index is 1.68. The molecule has 0 saturated heterocycles. The number of hydrogen-bond acceptors (Lipinski definition) is 5. The van der Waals surface area contributed by atoms with Crippen molar-refractivity contribution in [2.24, 2.45) is 0 Å². The molecule has 0 fully saturated rings. The van der Waals surface area contributed by atoms with Crippen molar-refractivity contribution < 1.29 is 17.9 Å². The van der Waals surface area contributed by atoms with Gasteiger partial charge in [-0.15, -0.1) is 0 Å². The quantitative estimate of drug-likeness (QED) is 0.437. The molecule has 0 amide bonds. The van der Waals surface area contributed by atoms with E-state index in [0.29, 0.717) is 11.1 Å². The lowest BCUT2D eigenvalue weighted by Gasteiger charge is -2.14. The maximum atomic E-state index is 13.1. The van der Waals surface area contributed by atoms with Gasteiger partial charge < -0.3 is 14.4 Å². The molecule has 0 saturated carbocycles. The lowest BCUT2D eigenvalue weighted by molar-refractivity contribution is 0.141. The highest BCUT2D eigenvalue weighted by molar-refractivity contribution is 7.89. The molecule has 2 N–H and O–H groups in total. The van der Waals surface area contributed by atoms with Gasteiger partial charge in [0.05, 0.1) is 4.90 Å². The normalized spacial score (nSPS) is 12.8. The van der Waals surface area contributed by atoms with Crippen LogP contribution in [0.2, 0.25) is 0 Å². The highest BCUT2D eigenvalue weighted by atomic mass is 32.2. The van der Waals surface area contributed by atoms with Crippen LogP contribution in [-0.2, 0) is 10.0 Å². The van der Waals surface area contributed by atoms with E-state index >= 15 is 0 Å². The van der Waals surface area contributed by atoms with Crippen molar-refractivity contribution in [1.82, 2.24) is 4.72 Å². The second kappa shape index (κ2) is 8.19. The summed E-state index contributed by atoms with van der Waals surface area (Å²) in [7, 11) is -0.167. The number of furan rings is 1. The van der Waals surface area contributed by atoms with E-state index in [1.165, 1.54) is 6.07 Å². The van der Waals surface area contributed by atoms with E-state index in [1.54, 1.807) is 24.3 Å². The Bertz CT molecular complexity index is 1330. The molecule has 6 nitrogen and oxygen atoms in total. The number of sulfonamides is 1. The minimum absolute atomic E-state index is 0.0856. The molecule has 31 heavy (non-hydrogen) atoms. The van der Waals surface area contributed by atoms with E-state index in [-0.39, 0.29) is 10.7 Å². The predicted octanol–water partition coefficient (Wildman–Crippen LogP) is 4.44. The summed E-state index contributed by atoms with van der Waals surface area (Å²) in [6.45, 7) is 1.95. The summed E-state index contributed by atoms with van der Waals surface area (Å²) in [5, 5.41) is 11.5. The zero-order valence-electron chi connectivity index (χ0n) is 17.5. The minimum atomic E-state index is -4.02. The maximum Gasteiger partial charge on any atom is 0.243 e. The third kappa shape index (κ3) is 4.20. The number of aryl methyl sites for hydroxylation is 1. The number of rotatable bonds is 6. The Hall–Kier alpha value is -3.13. The van der Waals surface area contributed by atoms with Gasteiger partial charge in [-0.1, -0.05) is 48.5 Å². The molecule has 0 bridgehead atoms. The molecule has 4 aromatic rings. The minimum Gasteiger partial charge on any atom is -0.457 e. The van der Waals surface area contributed by atoms with Crippen molar-refractivity contribution in [3.63, 3.8) is 0 Å². The lowest BCUT2D eigenvalue weighted by Crippen LogP contribution is -2.28. The second-order valence-corrected chi connectivity index (χ2v) is 9.29. The van der Waals surface area contributed by atoms with Gasteiger partial charge in [0.15, 0.2) is 6.23 Å². The van der Waals surface area contributed by atoms with E-state index in [9.17, 15) is 13.5 Å². The number of nitrogens with one attached hydrogen (secondary N) is 1. The van der Waals surface area contributed by atoms with Gasteiger partial charge in [-0.3, -0.25) is 0 Å². The van der Waals surface area contributed by atoms with Gasteiger partial charge in [0.25, 0.3) is 0 Å². The summed E-state index contributed by atoms with van der Waals surface area (Å²) < 4.78 is 34.4. The average molecular weight is 437 g/mol. The molecule has 0 aliphatic heterocycles. The Kier molecular flexibility index (Phi) is 5.58. The number of aliphatic hydroxyl groups is 1. The highest BCUT2D eigenvalue weighted by Gasteiger charge is 2.25. The van der Waals surface area contributed by atoms with Crippen LogP contribution in [0.4, 0.5) is 5.69 Å². The van der Waals surface area contributed by atoms with E-state index in [4.69, 9.17) is 4.42 Å². The van der Waals surface area contributed by atoms with Crippen LogP contribution in [0.15, 0.2) is 82.1 Å². The molecule has 1 atom stereocenters. The van der Waals surface area contributed by atoms with Crippen molar-refractivity contribution in [3.05, 3.63) is 84.1 Å². The zero-order chi connectivity index (χ0) is 22.2. The summed E-state index contributed by atoms with van der Waals surface area (Å²) in [4.78, 5) is 2.04. The van der Waals surface area contributed by atoms with E-state index in [1.807, 2.05) is 68.4 Å². The van der Waals surface area contributed by atoms with Crippen LogP contribution < -0.4 is 9.62 Å². The number of aliphatic hydroxyl groups excluding tert-OH is 1. The molecule has 1 unspecified atom stereocenters. The van der Waals surface area contributed by atoms with Crippen molar-refractivity contribution in [2.75, 3.05) is 19.0 Å². The summed E-state index contributed by atoms with van der Waals surface area (Å²) in [6, 6.07) is 21.5. The van der Waals surface area contributed by atoms with E-state index in [2.05, 4.69) is 4.72 Å². The fourth-order valence-electron chi connectivity index (χ4n) is 3.53. The van der Waals surface area contributed by atoms with Gasteiger partial charge in [0, 0.05) is 36.8 Å². The van der Waals surface area contributed by atoms with E-state index in [0.717, 1.165) is 22.2 Å². The molecule has 4 rings (SSSR count). The lowest BCUT2D eigenvalue weighted by atomic mass is 10.1. The first-order chi connectivity index (χ1) is 14.8. The molecule has 7 heteroatoms. The van der Waals surface area contributed by atoms with Crippen LogP contribution in [0.25, 0.3) is 22.1 Å². The second-order valence-electron chi connectivity index (χ2n) is 7.60. The van der Waals surface area contributed by atoms with Gasteiger partial charge in [-0.2, -0.15) is 4.72 Å². The summed E-state index contributed by atoms with van der Waals surface area (Å²) in [5.41, 5.74) is 3.84. The van der Waals surface area contributed by atoms with Gasteiger partial charge in [-0.05, 0) is 36.2 Å². The number of nitrogens with zero attached hydrogens (tertiary/aromatic N) is 1. The number of benzene rings is 3. The smallest absolute Gasteiger partial charge is 0.243 e. The average Bonchev–Trinajstić information content (AvgIpc) is 3.19. The molecule has 160 valence electrons. The van der Waals surface area contributed by atoms with Crippen molar-refractivity contribution in [2.45, 2.75) is 18.0 Å². The number of anilines is 1. The first-order valence-corrected chi connectivity index (χ1v) is 11.3. The van der Waals surface area contributed by atoms with Crippen molar-refractivity contribution in [1.29, 1.82) is 0 Å². The molecular weight excluding hydrogens is 412 g/mol. The van der Waals surface area contributed by atoms with Crippen LogP contribution >= 0.6 is 0 Å². The Labute approximate surface area is 181 Å². The van der Waals surface area contributed by atoms with Crippen LogP contribution in [0.3, 0.4) is 0 Å². The Morgan fingerprint density at radius 2 is 1.65 bits per heavy atom. The maximum absolute atomic E-state index is 13.1. The molecule has 0 spiro atoms. The molecule has 0 aliphatic carbocycles. The Morgan fingerprint density at radius 1 is 0.968 bits per heavy atom. The molecule has 0 radical (unpaired) electrons. The third-order valence-corrected chi connectivity index (χ3v) is 6.63. The highest BCUT2D eigenvalue weighted by Crippen LogP contribution is 2.31. The SMILES string of the molecule is Cc1cc(N(C)C)cc2oc(C(O)NS(=O)(=O)c3ccccc3-c3ccccc3)cc12. The first kappa shape index (κ1) is 21.1. The molecule has 1 aromatic heterocycles. The molecule has 0 aliphatic rings. The number of fused-ring (bicyclic) bond motifs is 1. The van der Waals surface area contributed by atoms with Crippen LogP contribution in [0, 0.1) is 6.92 Å². The fraction of sp³-hybridized carbons (Fsp3) is 0.167. The van der Waals surface area contributed by atoms with Gasteiger partial charge in [0.1, 0.15) is 11.3 Å². The van der Waals surface area contributed by atoms with Gasteiger partial charge in [-0.25, -0.2) is 8.42 Å². The first-order valence-electron chi connectivity index (χ1n) is 9.82. The van der Waals surface area contributed by atoms with Gasteiger partial charge in [0.2, 0.25) is 10.0 Å². The monoisotopic (exact) mass is 436 g/mol. The summed E-state index contributed by atoms with van der Waals surface area (Å²) >= 11 is 0. The zero-order valence-corrected chi connectivity index (χ0v) is 18.3.